The van der Waals surface area contributed by atoms with E-state index in [0.717, 1.165) is 63.7 Å². The van der Waals surface area contributed by atoms with E-state index in [1.165, 1.54) is 5.56 Å². The Balaban J connectivity index is 1.54. The third-order valence-corrected chi connectivity index (χ3v) is 4.89. The van der Waals surface area contributed by atoms with Crippen LogP contribution in [0.4, 0.5) is 5.95 Å². The van der Waals surface area contributed by atoms with Gasteiger partial charge in [0.1, 0.15) is 0 Å². The molecule has 1 aromatic carbocycles. The van der Waals surface area contributed by atoms with Gasteiger partial charge < -0.3 is 15.5 Å². The zero-order valence-corrected chi connectivity index (χ0v) is 15.7. The van der Waals surface area contributed by atoms with Crippen LogP contribution < -0.4 is 10.6 Å². The van der Waals surface area contributed by atoms with Crippen LogP contribution in [0.1, 0.15) is 11.1 Å². The molecule has 0 saturated carbocycles. The summed E-state index contributed by atoms with van der Waals surface area (Å²) >= 11 is 0. The average Bonchev–Trinajstić information content (AvgIpc) is 2.68. The van der Waals surface area contributed by atoms with Crippen LogP contribution in [0.15, 0.2) is 42.7 Å². The molecule has 1 fully saturated rings. The average molecular weight is 355 g/mol. The number of hydrogen-bond acceptors (Lipinski definition) is 6. The van der Waals surface area contributed by atoms with Crippen molar-refractivity contribution in [1.29, 1.82) is 0 Å². The summed E-state index contributed by atoms with van der Waals surface area (Å²) in [5.74, 6) is 0.844. The van der Waals surface area contributed by atoms with E-state index in [4.69, 9.17) is 5.73 Å². The van der Waals surface area contributed by atoms with E-state index >= 15 is 0 Å². The van der Waals surface area contributed by atoms with Crippen LogP contribution in [0.5, 0.6) is 0 Å². The number of rotatable bonds is 8. The number of anilines is 1. The molecule has 1 saturated heterocycles. The first kappa shape index (κ1) is 18.8. The normalized spacial score (nSPS) is 15.6. The van der Waals surface area contributed by atoms with Gasteiger partial charge in [0.2, 0.25) is 5.95 Å². The highest BCUT2D eigenvalue weighted by atomic mass is 15.3. The lowest BCUT2D eigenvalue weighted by molar-refractivity contribution is 0.275. The van der Waals surface area contributed by atoms with E-state index < -0.39 is 0 Å². The Morgan fingerprint density at radius 1 is 0.962 bits per heavy atom. The molecule has 1 aliphatic rings. The Bertz CT molecular complexity index is 637. The molecule has 2 heterocycles. The molecule has 2 aromatic rings. The van der Waals surface area contributed by atoms with Gasteiger partial charge in [-0.3, -0.25) is 4.90 Å². The smallest absolute Gasteiger partial charge is 0.225 e. The zero-order valence-electron chi connectivity index (χ0n) is 15.7. The van der Waals surface area contributed by atoms with Crippen LogP contribution >= 0.6 is 0 Å². The van der Waals surface area contributed by atoms with E-state index in [1.807, 2.05) is 12.4 Å². The predicted octanol–water partition coefficient (Wildman–Crippen LogP) is 1.23. The SMILES string of the molecule is CN1CCN(c2ncc(CN(CCN)CCc3ccccc3)cn2)CC1. The number of nitrogens with two attached hydrogens (primary N) is 1. The number of aromatic nitrogens is 2. The molecule has 26 heavy (non-hydrogen) atoms. The summed E-state index contributed by atoms with van der Waals surface area (Å²) in [5, 5.41) is 0. The maximum atomic E-state index is 5.80. The van der Waals surface area contributed by atoms with Gasteiger partial charge in [0.15, 0.2) is 0 Å². The summed E-state index contributed by atoms with van der Waals surface area (Å²) in [7, 11) is 2.16. The van der Waals surface area contributed by atoms with E-state index in [0.29, 0.717) is 6.54 Å². The van der Waals surface area contributed by atoms with Crippen molar-refractivity contribution in [1.82, 2.24) is 19.8 Å². The standard InChI is InChI=1S/C20H30N6/c1-24-11-13-26(14-12-24)20-22-15-19(16-23-20)17-25(10-8-21)9-7-18-5-3-2-4-6-18/h2-6,15-16H,7-14,17,21H2,1H3. The minimum atomic E-state index is 0.662. The Hall–Kier alpha value is -2.02. The first-order chi connectivity index (χ1) is 12.7. The number of piperazine rings is 1. The summed E-state index contributed by atoms with van der Waals surface area (Å²) in [6, 6.07) is 10.6. The van der Waals surface area contributed by atoms with Crippen LogP contribution in [-0.2, 0) is 13.0 Å². The highest BCUT2D eigenvalue weighted by Crippen LogP contribution is 2.11. The second-order valence-corrected chi connectivity index (χ2v) is 6.98. The molecule has 0 radical (unpaired) electrons. The monoisotopic (exact) mass is 354 g/mol. The molecule has 1 aromatic heterocycles. The quantitative estimate of drug-likeness (QED) is 0.769. The van der Waals surface area contributed by atoms with Gasteiger partial charge in [0, 0.05) is 70.3 Å². The van der Waals surface area contributed by atoms with Gasteiger partial charge in [-0.1, -0.05) is 30.3 Å². The zero-order chi connectivity index (χ0) is 18.2. The van der Waals surface area contributed by atoms with Gasteiger partial charge in [-0.2, -0.15) is 0 Å². The lowest BCUT2D eigenvalue weighted by atomic mass is 10.1. The second-order valence-electron chi connectivity index (χ2n) is 6.98. The molecule has 0 bridgehead atoms. The summed E-state index contributed by atoms with van der Waals surface area (Å²) in [4.78, 5) is 16.2. The lowest BCUT2D eigenvalue weighted by Gasteiger charge is -2.32. The minimum Gasteiger partial charge on any atom is -0.338 e. The molecule has 0 aliphatic carbocycles. The van der Waals surface area contributed by atoms with Crippen LogP contribution in [0.25, 0.3) is 0 Å². The summed E-state index contributed by atoms with van der Waals surface area (Å²) in [6.07, 6.45) is 4.96. The Morgan fingerprint density at radius 2 is 1.65 bits per heavy atom. The maximum absolute atomic E-state index is 5.80. The van der Waals surface area contributed by atoms with Crippen molar-refractivity contribution in [3.8, 4) is 0 Å². The van der Waals surface area contributed by atoms with Crippen molar-refractivity contribution in [2.45, 2.75) is 13.0 Å². The minimum absolute atomic E-state index is 0.662. The molecule has 0 unspecified atom stereocenters. The molecule has 0 spiro atoms. The molecule has 2 N–H and O–H groups in total. The highest BCUT2D eigenvalue weighted by molar-refractivity contribution is 5.30. The largest absolute Gasteiger partial charge is 0.338 e. The first-order valence-corrected chi connectivity index (χ1v) is 9.45. The van der Waals surface area contributed by atoms with Crippen LogP contribution in [0.2, 0.25) is 0 Å². The molecular formula is C20H30N6. The topological polar surface area (TPSA) is 61.5 Å². The fourth-order valence-corrected chi connectivity index (χ4v) is 3.24. The second kappa shape index (κ2) is 9.62. The number of likely N-dealkylation sites (N-methyl/N-ethyl adjacent to an activating group) is 1. The molecule has 6 heteroatoms. The number of benzene rings is 1. The van der Waals surface area contributed by atoms with E-state index in [9.17, 15) is 0 Å². The third-order valence-electron chi connectivity index (χ3n) is 4.89. The van der Waals surface area contributed by atoms with E-state index in [1.54, 1.807) is 0 Å². The lowest BCUT2D eigenvalue weighted by Crippen LogP contribution is -2.45. The van der Waals surface area contributed by atoms with Crippen molar-refractivity contribution in [3.05, 3.63) is 53.9 Å². The first-order valence-electron chi connectivity index (χ1n) is 9.45. The number of nitrogens with zero attached hydrogens (tertiary/aromatic N) is 5. The van der Waals surface area contributed by atoms with Crippen molar-refractivity contribution < 1.29 is 0 Å². The van der Waals surface area contributed by atoms with Crippen LogP contribution in [0, 0.1) is 0 Å². The van der Waals surface area contributed by atoms with Crippen LogP contribution in [-0.4, -0.2) is 72.6 Å². The van der Waals surface area contributed by atoms with Crippen LogP contribution in [0.3, 0.4) is 0 Å². The molecule has 3 rings (SSSR count). The van der Waals surface area contributed by atoms with Gasteiger partial charge in [-0.25, -0.2) is 9.97 Å². The Kier molecular flexibility index (Phi) is 6.94. The Morgan fingerprint density at radius 3 is 2.31 bits per heavy atom. The fourth-order valence-electron chi connectivity index (χ4n) is 3.24. The van der Waals surface area contributed by atoms with Gasteiger partial charge >= 0.3 is 0 Å². The summed E-state index contributed by atoms with van der Waals surface area (Å²) < 4.78 is 0. The third kappa shape index (κ3) is 5.49. The Labute approximate surface area is 156 Å². The van der Waals surface area contributed by atoms with Crippen molar-refractivity contribution in [3.63, 3.8) is 0 Å². The van der Waals surface area contributed by atoms with Crippen molar-refractivity contribution >= 4 is 5.95 Å². The summed E-state index contributed by atoms with van der Waals surface area (Å²) in [6.45, 7) is 7.48. The van der Waals surface area contributed by atoms with Crippen molar-refractivity contribution in [2.24, 2.45) is 5.73 Å². The molecule has 0 amide bonds. The van der Waals surface area contributed by atoms with E-state index in [-0.39, 0.29) is 0 Å². The molecule has 6 nitrogen and oxygen atoms in total. The molecule has 1 aliphatic heterocycles. The fraction of sp³-hybridized carbons (Fsp3) is 0.500. The van der Waals surface area contributed by atoms with Crippen molar-refractivity contribution in [2.75, 3.05) is 57.8 Å². The number of hydrogen-bond donors (Lipinski definition) is 1. The van der Waals surface area contributed by atoms with Gasteiger partial charge in [-0.05, 0) is 19.0 Å². The van der Waals surface area contributed by atoms with Gasteiger partial charge in [-0.15, -0.1) is 0 Å². The predicted molar refractivity (Wildman–Crippen MR) is 106 cm³/mol. The van der Waals surface area contributed by atoms with E-state index in [2.05, 4.69) is 62.0 Å². The molecule has 140 valence electrons. The summed E-state index contributed by atoms with van der Waals surface area (Å²) in [5.41, 5.74) is 8.30. The maximum Gasteiger partial charge on any atom is 0.225 e. The van der Waals surface area contributed by atoms with Gasteiger partial charge in [0.25, 0.3) is 0 Å². The molecule has 0 atom stereocenters. The highest BCUT2D eigenvalue weighted by Gasteiger charge is 2.16. The molecular weight excluding hydrogens is 324 g/mol. The van der Waals surface area contributed by atoms with Gasteiger partial charge in [0.05, 0.1) is 0 Å².